The lowest BCUT2D eigenvalue weighted by Gasteiger charge is -2.31. The number of nitrogen functional groups attached to an aromatic ring is 1. The van der Waals surface area contributed by atoms with Crippen LogP contribution in [0.4, 0.5) is 17.1 Å². The molecule has 3 aromatic rings. The van der Waals surface area contributed by atoms with E-state index in [2.05, 4.69) is 4.72 Å². The molecule has 1 heterocycles. The summed E-state index contributed by atoms with van der Waals surface area (Å²) in [6.45, 7) is 4.50. The van der Waals surface area contributed by atoms with Crippen molar-refractivity contribution in [2.75, 3.05) is 23.3 Å². The minimum absolute atomic E-state index is 0.0352. The molecule has 7 N–H and O–H groups in total. The molecule has 1 aliphatic rings. The van der Waals surface area contributed by atoms with Gasteiger partial charge in [-0.05, 0) is 50.6 Å². The third-order valence-corrected chi connectivity index (χ3v) is 8.85. The molecule has 0 saturated heterocycles. The molecule has 2 unspecified atom stereocenters. The predicted molar refractivity (Wildman–Crippen MR) is 170 cm³/mol. The van der Waals surface area contributed by atoms with Crippen LogP contribution >= 0.6 is 19.0 Å². The number of amides is 1. The standard InChI is InChI=1S/C12H9ClN2O3.C10H12N2O3S.C5H12NO4P/c13-11-10(18-8-4-2-1-3-5-8)7-6-9(12(11)14)15(16)17;1-7(2)12-10(13)8-5-3-4-6-9(8)11-16(12,14)15;1-11(9,10)3-2-4(6)5(7)8/h1-7H,14H2;3-7,11H,1-2H3;4H,2-3,6H2,1H3,(H,7,8)(H,9,10). The molecule has 0 bridgehead atoms. The van der Waals surface area contributed by atoms with Crippen LogP contribution in [0.15, 0.2) is 66.7 Å². The Labute approximate surface area is 264 Å². The fourth-order valence-corrected chi connectivity index (χ4v) is 5.99. The second-order valence-electron chi connectivity index (χ2n) is 9.84. The van der Waals surface area contributed by atoms with Crippen LogP contribution in [-0.2, 0) is 19.6 Å². The predicted octanol–water partition coefficient (Wildman–Crippen LogP) is 4.52. The van der Waals surface area contributed by atoms with Crippen molar-refractivity contribution < 1.29 is 42.2 Å². The van der Waals surface area contributed by atoms with Gasteiger partial charge in [0.25, 0.3) is 11.6 Å². The number of nitrogens with two attached hydrogens (primary N) is 2. The summed E-state index contributed by atoms with van der Waals surface area (Å²) in [6.07, 6.45) is 0.0000772. The first kappa shape index (κ1) is 37.0. The summed E-state index contributed by atoms with van der Waals surface area (Å²) in [5.41, 5.74) is 11.1. The fraction of sp³-hybridized carbons (Fsp3) is 0.259. The number of halogens is 1. The number of aliphatic carboxylic acids is 1. The van der Waals surface area contributed by atoms with Crippen molar-refractivity contribution in [1.82, 2.24) is 4.31 Å². The number of nitro benzene ring substituents is 1. The number of carboxylic acid groups (broad SMARTS) is 1. The number of hydrogen-bond donors (Lipinski definition) is 5. The number of benzene rings is 3. The number of ether oxygens (including phenoxy) is 1. The number of rotatable bonds is 8. The zero-order valence-electron chi connectivity index (χ0n) is 24.4. The van der Waals surface area contributed by atoms with Crippen LogP contribution in [0.2, 0.25) is 5.02 Å². The minimum Gasteiger partial charge on any atom is -0.480 e. The Morgan fingerprint density at radius 3 is 2.24 bits per heavy atom. The summed E-state index contributed by atoms with van der Waals surface area (Å²) >= 11 is 5.94. The maximum Gasteiger partial charge on any atom is 0.326 e. The third kappa shape index (κ3) is 10.7. The molecule has 1 aliphatic heterocycles. The maximum atomic E-state index is 12.0. The topological polar surface area (TPSA) is 245 Å². The van der Waals surface area contributed by atoms with Crippen LogP contribution in [0.25, 0.3) is 0 Å². The largest absolute Gasteiger partial charge is 0.480 e. The normalized spacial score (nSPS) is 15.1. The van der Waals surface area contributed by atoms with Gasteiger partial charge in [0.1, 0.15) is 28.3 Å². The van der Waals surface area contributed by atoms with Gasteiger partial charge in [-0.3, -0.25) is 29.0 Å². The monoisotopic (exact) mass is 685 g/mol. The highest BCUT2D eigenvalue weighted by Gasteiger charge is 2.36. The average Bonchev–Trinajstić information content (AvgIpc) is 2.94. The molecular weight excluding hydrogens is 653 g/mol. The Kier molecular flexibility index (Phi) is 12.9. The SMILES string of the molecule is CC(C)N1C(=O)c2ccccc2NS1(=O)=O.CP(=O)(O)CCC(N)C(=O)O.Nc1c([N+](=O)[O-])ccc(Oc2ccccc2)c1Cl. The Morgan fingerprint density at radius 1 is 1.13 bits per heavy atom. The molecule has 18 heteroatoms. The quantitative estimate of drug-likeness (QED) is 0.0951. The molecule has 15 nitrogen and oxygen atoms in total. The number of hydrogen-bond acceptors (Lipinski definition) is 10. The molecule has 4 rings (SSSR count). The molecule has 244 valence electrons. The Balaban J connectivity index is 0.000000243. The van der Waals surface area contributed by atoms with Gasteiger partial charge >= 0.3 is 16.2 Å². The Hall–Kier alpha value is -4.21. The number of carboxylic acids is 1. The average molecular weight is 686 g/mol. The van der Waals surface area contributed by atoms with Crippen molar-refractivity contribution in [2.24, 2.45) is 5.73 Å². The number of carbonyl (C=O) groups excluding carboxylic acids is 1. The van der Waals surface area contributed by atoms with Crippen LogP contribution in [0.3, 0.4) is 0 Å². The summed E-state index contributed by atoms with van der Waals surface area (Å²) in [4.78, 5) is 40.9. The number of nitrogens with zero attached hydrogens (tertiary/aromatic N) is 2. The van der Waals surface area contributed by atoms with E-state index in [4.69, 9.17) is 37.8 Å². The first-order chi connectivity index (χ1) is 20.9. The Morgan fingerprint density at radius 2 is 1.71 bits per heavy atom. The van der Waals surface area contributed by atoms with Gasteiger partial charge in [0.05, 0.1) is 16.2 Å². The van der Waals surface area contributed by atoms with Crippen LogP contribution in [0.5, 0.6) is 11.5 Å². The van der Waals surface area contributed by atoms with Gasteiger partial charge in [-0.15, -0.1) is 0 Å². The van der Waals surface area contributed by atoms with E-state index in [1.54, 1.807) is 62.4 Å². The van der Waals surface area contributed by atoms with Crippen molar-refractivity contribution in [3.63, 3.8) is 0 Å². The van der Waals surface area contributed by atoms with E-state index in [1.807, 2.05) is 6.07 Å². The van der Waals surface area contributed by atoms with E-state index >= 15 is 0 Å². The second-order valence-corrected chi connectivity index (χ2v) is 14.3. The van der Waals surface area contributed by atoms with Crippen LogP contribution in [0.1, 0.15) is 30.6 Å². The molecule has 1 amide bonds. The van der Waals surface area contributed by atoms with Gasteiger partial charge in [-0.25, -0.2) is 4.31 Å². The number of carbonyl (C=O) groups is 2. The zero-order chi connectivity index (χ0) is 34.1. The number of anilines is 2. The van der Waals surface area contributed by atoms with E-state index in [-0.39, 0.29) is 34.7 Å². The van der Waals surface area contributed by atoms with E-state index in [9.17, 15) is 32.7 Å². The van der Waals surface area contributed by atoms with Crippen molar-refractivity contribution >= 4 is 58.1 Å². The molecule has 3 aromatic carbocycles. The van der Waals surface area contributed by atoms with Crippen molar-refractivity contribution in [3.05, 3.63) is 87.4 Å². The van der Waals surface area contributed by atoms with E-state index in [0.717, 1.165) is 4.31 Å². The molecule has 0 aliphatic carbocycles. The number of fused-ring (bicyclic) bond motifs is 1. The maximum absolute atomic E-state index is 12.0. The third-order valence-electron chi connectivity index (χ3n) is 5.79. The zero-order valence-corrected chi connectivity index (χ0v) is 26.8. The lowest BCUT2D eigenvalue weighted by Crippen LogP contribution is -2.48. The smallest absolute Gasteiger partial charge is 0.326 e. The number of para-hydroxylation sites is 2. The van der Waals surface area contributed by atoms with Gasteiger partial charge in [0, 0.05) is 24.9 Å². The molecule has 0 spiro atoms. The summed E-state index contributed by atoms with van der Waals surface area (Å²) < 4.78 is 43.0. The number of nitrogens with one attached hydrogen (secondary N) is 1. The number of nitro groups is 1. The van der Waals surface area contributed by atoms with Gasteiger partial charge in [-0.1, -0.05) is 41.9 Å². The molecule has 0 radical (unpaired) electrons. The summed E-state index contributed by atoms with van der Waals surface area (Å²) in [5, 5.41) is 19.0. The highest BCUT2D eigenvalue weighted by atomic mass is 35.5. The van der Waals surface area contributed by atoms with Crippen molar-refractivity contribution in [3.8, 4) is 11.5 Å². The highest BCUT2D eigenvalue weighted by Crippen LogP contribution is 2.39. The minimum atomic E-state index is -3.75. The van der Waals surface area contributed by atoms with Crippen molar-refractivity contribution in [2.45, 2.75) is 32.4 Å². The summed E-state index contributed by atoms with van der Waals surface area (Å²) in [5.74, 6) is -0.763. The van der Waals surface area contributed by atoms with Crippen molar-refractivity contribution in [1.29, 1.82) is 0 Å². The molecule has 0 fully saturated rings. The van der Waals surface area contributed by atoms with Crippen LogP contribution in [0, 0.1) is 10.1 Å². The summed E-state index contributed by atoms with van der Waals surface area (Å²) in [6, 6.07) is 16.7. The highest BCUT2D eigenvalue weighted by molar-refractivity contribution is 7.91. The van der Waals surface area contributed by atoms with Gasteiger partial charge in [0.15, 0.2) is 7.37 Å². The molecule has 2 atom stereocenters. The molecule has 0 saturated carbocycles. The first-order valence-corrected chi connectivity index (χ1v) is 17.1. The molecular formula is C27H33ClN5O10PS. The second kappa shape index (κ2) is 15.7. The lowest BCUT2D eigenvalue weighted by atomic mass is 10.1. The van der Waals surface area contributed by atoms with Crippen LogP contribution in [-0.4, -0.2) is 64.4 Å². The van der Waals surface area contributed by atoms with Gasteiger partial charge in [0.2, 0.25) is 0 Å². The molecule has 0 aromatic heterocycles. The Bertz CT molecular complexity index is 1690. The van der Waals surface area contributed by atoms with Gasteiger partial charge in [-0.2, -0.15) is 8.42 Å². The lowest BCUT2D eigenvalue weighted by molar-refractivity contribution is -0.383. The van der Waals surface area contributed by atoms with Gasteiger partial charge < -0.3 is 26.2 Å². The van der Waals surface area contributed by atoms with E-state index in [1.165, 1.54) is 18.8 Å². The molecule has 45 heavy (non-hydrogen) atoms. The summed E-state index contributed by atoms with van der Waals surface area (Å²) in [7, 11) is -6.85. The van der Waals surface area contributed by atoms with Crippen LogP contribution < -0.4 is 20.9 Å². The first-order valence-electron chi connectivity index (χ1n) is 13.0. The van der Waals surface area contributed by atoms with E-state index in [0.29, 0.717) is 17.0 Å². The van der Waals surface area contributed by atoms with E-state index < -0.39 is 46.5 Å². The fourth-order valence-electron chi connectivity index (χ4n) is 3.61.